The van der Waals surface area contributed by atoms with Gasteiger partial charge in [0.15, 0.2) is 5.58 Å². The van der Waals surface area contributed by atoms with Crippen molar-refractivity contribution in [2.24, 2.45) is 5.41 Å². The van der Waals surface area contributed by atoms with Gasteiger partial charge in [-0.3, -0.25) is 4.79 Å². The molecule has 1 aliphatic carbocycles. The van der Waals surface area contributed by atoms with Gasteiger partial charge in [0, 0.05) is 26.1 Å². The van der Waals surface area contributed by atoms with Crippen LogP contribution in [0.1, 0.15) is 31.7 Å². The molecule has 7 nitrogen and oxygen atoms in total. The average molecular weight is 399 g/mol. The lowest BCUT2D eigenvalue weighted by Gasteiger charge is -2.46. The highest BCUT2D eigenvalue weighted by atomic mass is 16.5. The molecular formula is C22H29N3O4. The van der Waals surface area contributed by atoms with Gasteiger partial charge in [0.1, 0.15) is 11.1 Å². The molecule has 3 heterocycles. The topological polar surface area (TPSA) is 68.0 Å². The summed E-state index contributed by atoms with van der Waals surface area (Å²) in [4.78, 5) is 22.0. The first-order valence-electron chi connectivity index (χ1n) is 10.6. The van der Waals surface area contributed by atoms with Crippen molar-refractivity contribution < 1.29 is 18.7 Å². The number of oxazole rings is 1. The standard InChI is InChI=1S/C22H29N3O4/c1-16-4-3-5-17-19(16)23-20(29-17)25-9-11-28-15-22(25)13-24(8-10-27-14-22)18(26)12-21(2)6-7-21/h3-5H,6-15H2,1-2H3. The minimum absolute atomic E-state index is 0.192. The first-order chi connectivity index (χ1) is 14.0. The Labute approximate surface area is 170 Å². The summed E-state index contributed by atoms with van der Waals surface area (Å²) < 4.78 is 18.0. The van der Waals surface area contributed by atoms with E-state index >= 15 is 0 Å². The molecule has 2 aromatic rings. The number of fused-ring (bicyclic) bond motifs is 1. The summed E-state index contributed by atoms with van der Waals surface area (Å²) in [5.41, 5.74) is 2.46. The first kappa shape index (κ1) is 18.9. The predicted octanol–water partition coefficient (Wildman–Crippen LogP) is 2.76. The molecule has 1 amide bonds. The second-order valence-electron chi connectivity index (χ2n) is 9.20. The minimum Gasteiger partial charge on any atom is -0.423 e. The van der Waals surface area contributed by atoms with E-state index in [1.54, 1.807) is 0 Å². The van der Waals surface area contributed by atoms with Crippen LogP contribution >= 0.6 is 0 Å². The third-order valence-electron chi connectivity index (χ3n) is 6.64. The van der Waals surface area contributed by atoms with Crippen molar-refractivity contribution in [2.75, 3.05) is 51.0 Å². The summed E-state index contributed by atoms with van der Waals surface area (Å²) in [5, 5.41) is 0. The lowest BCUT2D eigenvalue weighted by molar-refractivity contribution is -0.133. The summed E-state index contributed by atoms with van der Waals surface area (Å²) in [6, 6.07) is 6.55. The van der Waals surface area contributed by atoms with Crippen LogP contribution < -0.4 is 4.90 Å². The Morgan fingerprint density at radius 3 is 2.66 bits per heavy atom. The number of para-hydroxylation sites is 1. The van der Waals surface area contributed by atoms with E-state index in [4.69, 9.17) is 18.9 Å². The number of carbonyl (C=O) groups is 1. The highest BCUT2D eigenvalue weighted by Crippen LogP contribution is 2.48. The van der Waals surface area contributed by atoms with Crippen molar-refractivity contribution in [1.29, 1.82) is 0 Å². The van der Waals surface area contributed by atoms with Crippen molar-refractivity contribution in [3.63, 3.8) is 0 Å². The molecule has 0 N–H and O–H groups in total. The molecule has 2 saturated heterocycles. The van der Waals surface area contributed by atoms with E-state index in [9.17, 15) is 4.79 Å². The molecule has 3 fully saturated rings. The number of morpholine rings is 1. The van der Waals surface area contributed by atoms with Crippen molar-refractivity contribution in [3.8, 4) is 0 Å². The molecule has 2 aliphatic heterocycles. The Kier molecular flexibility index (Phi) is 4.55. The maximum Gasteiger partial charge on any atom is 0.299 e. The van der Waals surface area contributed by atoms with Crippen LogP contribution in [-0.4, -0.2) is 67.4 Å². The molecule has 5 rings (SSSR count). The van der Waals surface area contributed by atoms with Gasteiger partial charge in [-0.1, -0.05) is 19.1 Å². The summed E-state index contributed by atoms with van der Waals surface area (Å²) in [7, 11) is 0. The Morgan fingerprint density at radius 2 is 1.93 bits per heavy atom. The molecule has 156 valence electrons. The second kappa shape index (κ2) is 6.99. The number of ether oxygens (including phenoxy) is 2. The molecular weight excluding hydrogens is 370 g/mol. The van der Waals surface area contributed by atoms with Crippen molar-refractivity contribution in [1.82, 2.24) is 9.88 Å². The van der Waals surface area contributed by atoms with E-state index in [-0.39, 0.29) is 11.3 Å². The van der Waals surface area contributed by atoms with Gasteiger partial charge < -0.3 is 23.7 Å². The number of anilines is 1. The van der Waals surface area contributed by atoms with E-state index in [0.717, 1.165) is 29.5 Å². The van der Waals surface area contributed by atoms with Crippen LogP contribution in [0, 0.1) is 12.3 Å². The predicted molar refractivity (Wildman–Crippen MR) is 109 cm³/mol. The summed E-state index contributed by atoms with van der Waals surface area (Å²) in [6.45, 7) is 8.22. The zero-order valence-electron chi connectivity index (χ0n) is 17.3. The molecule has 1 atom stereocenters. The van der Waals surface area contributed by atoms with Crippen LogP contribution in [-0.2, 0) is 14.3 Å². The number of amides is 1. The largest absolute Gasteiger partial charge is 0.423 e. The van der Waals surface area contributed by atoms with Gasteiger partial charge in [0.25, 0.3) is 6.01 Å². The maximum atomic E-state index is 13.0. The zero-order valence-corrected chi connectivity index (χ0v) is 17.3. The fourth-order valence-corrected chi connectivity index (χ4v) is 4.47. The lowest BCUT2D eigenvalue weighted by atomic mass is 9.96. The maximum absolute atomic E-state index is 13.0. The zero-order chi connectivity index (χ0) is 20.1. The van der Waals surface area contributed by atoms with Crippen LogP contribution in [0.4, 0.5) is 6.01 Å². The van der Waals surface area contributed by atoms with Gasteiger partial charge in [0.2, 0.25) is 5.91 Å². The van der Waals surface area contributed by atoms with Crippen LogP contribution in [0.25, 0.3) is 11.1 Å². The minimum atomic E-state index is -0.482. The second-order valence-corrected chi connectivity index (χ2v) is 9.20. The van der Waals surface area contributed by atoms with E-state index in [1.807, 2.05) is 30.0 Å². The molecule has 29 heavy (non-hydrogen) atoms. The third kappa shape index (κ3) is 3.51. The van der Waals surface area contributed by atoms with Gasteiger partial charge in [-0.05, 0) is 36.8 Å². The van der Waals surface area contributed by atoms with E-state index in [0.29, 0.717) is 58.5 Å². The van der Waals surface area contributed by atoms with E-state index in [2.05, 4.69) is 11.8 Å². The number of hydrogen-bond acceptors (Lipinski definition) is 6. The molecule has 1 saturated carbocycles. The first-order valence-corrected chi connectivity index (χ1v) is 10.6. The molecule has 1 unspecified atom stereocenters. The van der Waals surface area contributed by atoms with Crippen LogP contribution in [0.5, 0.6) is 0 Å². The number of benzene rings is 1. The summed E-state index contributed by atoms with van der Waals surface area (Å²) in [6.07, 6.45) is 2.91. The fraction of sp³-hybridized carbons (Fsp3) is 0.636. The SMILES string of the molecule is Cc1cccc2oc(N3CCOCC34COCCN(C(=O)CC3(C)CC3)C4)nc12. The summed E-state index contributed by atoms with van der Waals surface area (Å²) >= 11 is 0. The average Bonchev–Trinajstić information content (AvgIpc) is 3.32. The van der Waals surface area contributed by atoms with Gasteiger partial charge in [-0.2, -0.15) is 4.98 Å². The number of carbonyl (C=O) groups excluding carboxylic acids is 1. The number of aromatic nitrogens is 1. The molecule has 0 radical (unpaired) electrons. The lowest BCUT2D eigenvalue weighted by Crippen LogP contribution is -2.64. The molecule has 0 bridgehead atoms. The molecule has 1 aromatic heterocycles. The van der Waals surface area contributed by atoms with Crippen LogP contribution in [0.15, 0.2) is 22.6 Å². The number of rotatable bonds is 3. The molecule has 1 spiro atoms. The number of aryl methyl sites for hydroxylation is 1. The quantitative estimate of drug-likeness (QED) is 0.791. The number of nitrogens with zero attached hydrogens (tertiary/aromatic N) is 3. The van der Waals surface area contributed by atoms with Crippen molar-refractivity contribution in [2.45, 2.75) is 38.6 Å². The monoisotopic (exact) mass is 399 g/mol. The molecule has 3 aliphatic rings. The highest BCUT2D eigenvalue weighted by Gasteiger charge is 2.47. The van der Waals surface area contributed by atoms with Gasteiger partial charge >= 0.3 is 0 Å². The van der Waals surface area contributed by atoms with Gasteiger partial charge in [0.05, 0.1) is 26.4 Å². The normalized spacial score (nSPS) is 26.7. The summed E-state index contributed by atoms with van der Waals surface area (Å²) in [5.74, 6) is 0.216. The van der Waals surface area contributed by atoms with Crippen molar-refractivity contribution >= 4 is 23.0 Å². The highest BCUT2D eigenvalue weighted by molar-refractivity contribution is 5.79. The van der Waals surface area contributed by atoms with Gasteiger partial charge in [-0.25, -0.2) is 0 Å². The Morgan fingerprint density at radius 1 is 1.17 bits per heavy atom. The van der Waals surface area contributed by atoms with Crippen LogP contribution in [0.3, 0.4) is 0 Å². The Hall–Kier alpha value is -2.12. The number of hydrogen-bond donors (Lipinski definition) is 0. The fourth-order valence-electron chi connectivity index (χ4n) is 4.47. The molecule has 7 heteroatoms. The Balaban J connectivity index is 1.46. The van der Waals surface area contributed by atoms with E-state index < -0.39 is 5.54 Å². The Bertz CT molecular complexity index is 922. The molecule has 1 aromatic carbocycles. The third-order valence-corrected chi connectivity index (χ3v) is 6.64. The smallest absolute Gasteiger partial charge is 0.299 e. The van der Waals surface area contributed by atoms with E-state index in [1.165, 1.54) is 0 Å². The van der Waals surface area contributed by atoms with Crippen LogP contribution in [0.2, 0.25) is 0 Å². The van der Waals surface area contributed by atoms with Crippen molar-refractivity contribution in [3.05, 3.63) is 23.8 Å². The van der Waals surface area contributed by atoms with Gasteiger partial charge in [-0.15, -0.1) is 0 Å².